The van der Waals surface area contributed by atoms with E-state index in [-0.39, 0.29) is 6.10 Å². The second kappa shape index (κ2) is 6.38. The first kappa shape index (κ1) is 14.3. The van der Waals surface area contributed by atoms with Gasteiger partial charge in [-0.2, -0.15) is 0 Å². The van der Waals surface area contributed by atoms with E-state index in [1.54, 1.807) is 30.2 Å². The molecule has 0 unspecified atom stereocenters. The standard InChI is InChI=1S/C14H17NO5/c1-18-8-12-7-15(9-16)6-11-4-3-10(14(17)19-2)5-13(11)20-12/h3-5,9,12H,6-8H2,1-2H3/t12-/m1/s1. The van der Waals surface area contributed by atoms with Crippen molar-refractivity contribution < 1.29 is 23.8 Å². The lowest BCUT2D eigenvalue weighted by Gasteiger charge is -2.19. The molecule has 1 aromatic carbocycles. The van der Waals surface area contributed by atoms with E-state index < -0.39 is 5.97 Å². The molecule has 0 saturated heterocycles. The first-order chi connectivity index (χ1) is 9.67. The zero-order valence-electron chi connectivity index (χ0n) is 11.5. The fourth-order valence-electron chi connectivity index (χ4n) is 2.15. The Morgan fingerprint density at radius 1 is 1.50 bits per heavy atom. The second-order valence-corrected chi connectivity index (χ2v) is 4.54. The maximum atomic E-state index is 11.5. The lowest BCUT2D eigenvalue weighted by Crippen LogP contribution is -2.34. The Labute approximate surface area is 117 Å². The number of fused-ring (bicyclic) bond motifs is 1. The van der Waals surface area contributed by atoms with Crippen LogP contribution >= 0.6 is 0 Å². The fourth-order valence-corrected chi connectivity index (χ4v) is 2.15. The van der Waals surface area contributed by atoms with Crippen LogP contribution in [0.2, 0.25) is 0 Å². The first-order valence-corrected chi connectivity index (χ1v) is 6.24. The van der Waals surface area contributed by atoms with Gasteiger partial charge in [0, 0.05) is 19.2 Å². The van der Waals surface area contributed by atoms with Crippen molar-refractivity contribution in [2.75, 3.05) is 27.4 Å². The molecule has 1 aliphatic heterocycles. The van der Waals surface area contributed by atoms with Gasteiger partial charge in [-0.05, 0) is 12.1 Å². The van der Waals surface area contributed by atoms with Crippen molar-refractivity contribution in [3.05, 3.63) is 29.3 Å². The lowest BCUT2D eigenvalue weighted by molar-refractivity contribution is -0.119. The smallest absolute Gasteiger partial charge is 0.337 e. The number of methoxy groups -OCH3 is 2. The summed E-state index contributed by atoms with van der Waals surface area (Å²) in [6.07, 6.45) is 0.523. The maximum Gasteiger partial charge on any atom is 0.337 e. The molecule has 6 heteroatoms. The van der Waals surface area contributed by atoms with Gasteiger partial charge >= 0.3 is 5.97 Å². The van der Waals surface area contributed by atoms with Gasteiger partial charge in [-0.15, -0.1) is 0 Å². The Bertz CT molecular complexity index is 502. The van der Waals surface area contributed by atoms with Gasteiger partial charge in [0.25, 0.3) is 0 Å². The number of ether oxygens (including phenoxy) is 3. The molecular formula is C14H17NO5. The highest BCUT2D eigenvalue weighted by atomic mass is 16.5. The topological polar surface area (TPSA) is 65.1 Å². The van der Waals surface area contributed by atoms with E-state index in [0.717, 1.165) is 12.0 Å². The third kappa shape index (κ3) is 3.08. The summed E-state index contributed by atoms with van der Waals surface area (Å²) in [6.45, 7) is 1.26. The quantitative estimate of drug-likeness (QED) is 0.603. The molecule has 0 aromatic heterocycles. The van der Waals surface area contributed by atoms with Gasteiger partial charge in [0.1, 0.15) is 11.9 Å². The molecule has 108 valence electrons. The molecule has 0 bridgehead atoms. The zero-order valence-corrected chi connectivity index (χ0v) is 11.5. The van der Waals surface area contributed by atoms with Gasteiger partial charge in [0.15, 0.2) is 0 Å². The molecule has 1 atom stereocenters. The number of nitrogens with zero attached hydrogens (tertiary/aromatic N) is 1. The van der Waals surface area contributed by atoms with Crippen LogP contribution in [-0.2, 0) is 20.8 Å². The predicted octanol–water partition coefficient (Wildman–Crippen LogP) is 0.839. The summed E-state index contributed by atoms with van der Waals surface area (Å²) in [6, 6.07) is 5.07. The summed E-state index contributed by atoms with van der Waals surface area (Å²) < 4.78 is 15.6. The Morgan fingerprint density at radius 2 is 2.30 bits per heavy atom. The molecule has 1 aliphatic rings. The van der Waals surface area contributed by atoms with Crippen LogP contribution in [0.3, 0.4) is 0 Å². The molecule has 0 saturated carbocycles. The molecule has 6 nitrogen and oxygen atoms in total. The molecule has 0 radical (unpaired) electrons. The molecule has 20 heavy (non-hydrogen) atoms. The van der Waals surface area contributed by atoms with E-state index in [1.165, 1.54) is 7.11 Å². The van der Waals surface area contributed by atoms with E-state index in [4.69, 9.17) is 9.47 Å². The Balaban J connectivity index is 2.31. The molecule has 2 rings (SSSR count). The molecule has 1 amide bonds. The van der Waals surface area contributed by atoms with E-state index >= 15 is 0 Å². The van der Waals surface area contributed by atoms with Gasteiger partial charge in [0.2, 0.25) is 6.41 Å². The van der Waals surface area contributed by atoms with Gasteiger partial charge in [-0.1, -0.05) is 6.07 Å². The van der Waals surface area contributed by atoms with Gasteiger partial charge in [-0.25, -0.2) is 4.79 Å². The predicted molar refractivity (Wildman–Crippen MR) is 70.5 cm³/mol. The number of hydrogen-bond donors (Lipinski definition) is 0. The van der Waals surface area contributed by atoms with Crippen LogP contribution in [0.1, 0.15) is 15.9 Å². The Hall–Kier alpha value is -2.08. The summed E-state index contributed by atoms with van der Waals surface area (Å²) in [5.41, 5.74) is 1.27. The van der Waals surface area contributed by atoms with Crippen LogP contribution in [0.4, 0.5) is 0 Å². The molecule has 1 heterocycles. The van der Waals surface area contributed by atoms with Crippen LogP contribution in [0.15, 0.2) is 18.2 Å². The van der Waals surface area contributed by atoms with Crippen LogP contribution in [-0.4, -0.2) is 50.8 Å². The van der Waals surface area contributed by atoms with Crippen molar-refractivity contribution in [3.8, 4) is 5.75 Å². The van der Waals surface area contributed by atoms with E-state index in [9.17, 15) is 9.59 Å². The number of amides is 1. The highest BCUT2D eigenvalue weighted by molar-refractivity contribution is 5.89. The molecular weight excluding hydrogens is 262 g/mol. The van der Waals surface area contributed by atoms with Crippen LogP contribution in [0.5, 0.6) is 5.75 Å². The minimum atomic E-state index is -0.420. The van der Waals surface area contributed by atoms with Crippen molar-refractivity contribution >= 4 is 12.4 Å². The van der Waals surface area contributed by atoms with Crippen molar-refractivity contribution in [3.63, 3.8) is 0 Å². The number of benzene rings is 1. The molecule has 0 spiro atoms. The minimum Gasteiger partial charge on any atom is -0.486 e. The average molecular weight is 279 g/mol. The van der Waals surface area contributed by atoms with Gasteiger partial charge in [0.05, 0.1) is 25.8 Å². The summed E-state index contributed by atoms with van der Waals surface area (Å²) in [5, 5.41) is 0. The van der Waals surface area contributed by atoms with E-state index in [0.29, 0.717) is 31.0 Å². The number of carbonyl (C=O) groups excluding carboxylic acids is 2. The minimum absolute atomic E-state index is 0.264. The Morgan fingerprint density at radius 3 is 2.95 bits per heavy atom. The normalized spacial score (nSPS) is 17.7. The van der Waals surface area contributed by atoms with Gasteiger partial charge < -0.3 is 19.1 Å². The highest BCUT2D eigenvalue weighted by Crippen LogP contribution is 2.26. The summed E-state index contributed by atoms with van der Waals surface area (Å²) in [7, 11) is 2.90. The van der Waals surface area contributed by atoms with Crippen molar-refractivity contribution in [1.82, 2.24) is 4.90 Å². The zero-order chi connectivity index (χ0) is 14.5. The van der Waals surface area contributed by atoms with Crippen molar-refractivity contribution in [1.29, 1.82) is 0 Å². The number of rotatable bonds is 4. The number of carbonyl (C=O) groups is 2. The monoisotopic (exact) mass is 279 g/mol. The molecule has 0 fully saturated rings. The Kier molecular flexibility index (Phi) is 4.57. The van der Waals surface area contributed by atoms with Crippen LogP contribution in [0.25, 0.3) is 0 Å². The third-order valence-corrected chi connectivity index (χ3v) is 3.10. The summed E-state index contributed by atoms with van der Waals surface area (Å²) in [5.74, 6) is 0.162. The number of esters is 1. The summed E-state index contributed by atoms with van der Waals surface area (Å²) in [4.78, 5) is 24.2. The van der Waals surface area contributed by atoms with E-state index in [1.807, 2.05) is 0 Å². The molecule has 0 aliphatic carbocycles. The van der Waals surface area contributed by atoms with Gasteiger partial charge in [-0.3, -0.25) is 4.79 Å². The number of hydrogen-bond acceptors (Lipinski definition) is 5. The largest absolute Gasteiger partial charge is 0.486 e. The third-order valence-electron chi connectivity index (χ3n) is 3.10. The first-order valence-electron chi connectivity index (χ1n) is 6.24. The lowest BCUT2D eigenvalue weighted by atomic mass is 10.1. The van der Waals surface area contributed by atoms with E-state index in [2.05, 4.69) is 4.74 Å². The highest BCUT2D eigenvalue weighted by Gasteiger charge is 2.23. The maximum absolute atomic E-state index is 11.5. The average Bonchev–Trinajstić information content (AvgIpc) is 2.64. The van der Waals surface area contributed by atoms with Crippen molar-refractivity contribution in [2.24, 2.45) is 0 Å². The van der Waals surface area contributed by atoms with Crippen LogP contribution in [0, 0.1) is 0 Å². The van der Waals surface area contributed by atoms with Crippen molar-refractivity contribution in [2.45, 2.75) is 12.6 Å². The molecule has 1 aromatic rings. The second-order valence-electron chi connectivity index (χ2n) is 4.54. The SMILES string of the molecule is COC[C@H]1CN(C=O)Cc2ccc(C(=O)OC)cc2O1. The fraction of sp³-hybridized carbons (Fsp3) is 0.429. The summed E-state index contributed by atoms with van der Waals surface area (Å²) >= 11 is 0. The van der Waals surface area contributed by atoms with Crippen LogP contribution < -0.4 is 4.74 Å². The molecule has 0 N–H and O–H groups in total.